The molecule has 1 fully saturated rings. The second-order valence-corrected chi connectivity index (χ2v) is 4.09. The number of nitrogens with one attached hydrogen (secondary N) is 1. The second kappa shape index (κ2) is 5.61. The average molecular weight is 185 g/mol. The summed E-state index contributed by atoms with van der Waals surface area (Å²) in [7, 11) is 2.02. The van der Waals surface area contributed by atoms with Crippen LogP contribution in [0.3, 0.4) is 0 Å². The van der Waals surface area contributed by atoms with Gasteiger partial charge in [0.2, 0.25) is 0 Å². The third kappa shape index (κ3) is 3.28. The van der Waals surface area contributed by atoms with Gasteiger partial charge in [-0.05, 0) is 45.2 Å². The predicted molar refractivity (Wildman–Crippen MR) is 55.9 cm³/mol. The molecule has 2 heteroatoms. The molecule has 1 saturated carbocycles. The summed E-state index contributed by atoms with van der Waals surface area (Å²) in [6, 6.07) is 0. The summed E-state index contributed by atoms with van der Waals surface area (Å²) in [5.41, 5.74) is 0. The third-order valence-corrected chi connectivity index (χ3v) is 2.98. The molecule has 0 spiro atoms. The van der Waals surface area contributed by atoms with Crippen LogP contribution in [0.1, 0.15) is 39.5 Å². The van der Waals surface area contributed by atoms with Crippen LogP contribution in [0.5, 0.6) is 0 Å². The van der Waals surface area contributed by atoms with Crippen molar-refractivity contribution in [3.05, 3.63) is 0 Å². The summed E-state index contributed by atoms with van der Waals surface area (Å²) in [6.07, 6.45) is 5.89. The van der Waals surface area contributed by atoms with Crippen LogP contribution >= 0.6 is 0 Å². The highest BCUT2D eigenvalue weighted by atomic mass is 16.5. The van der Waals surface area contributed by atoms with Crippen LogP contribution in [-0.4, -0.2) is 25.8 Å². The van der Waals surface area contributed by atoms with Crippen molar-refractivity contribution in [2.75, 3.05) is 13.6 Å². The van der Waals surface area contributed by atoms with E-state index < -0.39 is 0 Å². The fourth-order valence-corrected chi connectivity index (χ4v) is 1.99. The number of ether oxygens (including phenoxy) is 1. The smallest absolute Gasteiger partial charge is 0.0585 e. The van der Waals surface area contributed by atoms with E-state index in [-0.39, 0.29) is 0 Å². The van der Waals surface area contributed by atoms with Crippen molar-refractivity contribution in [3.63, 3.8) is 0 Å². The quantitative estimate of drug-likeness (QED) is 0.685. The molecule has 0 heterocycles. The Morgan fingerprint density at radius 1 is 1.31 bits per heavy atom. The minimum atomic E-state index is 0.500. The van der Waals surface area contributed by atoms with Gasteiger partial charge in [-0.1, -0.05) is 13.8 Å². The number of rotatable bonds is 6. The lowest BCUT2D eigenvalue weighted by atomic mass is 9.82. The summed E-state index contributed by atoms with van der Waals surface area (Å²) < 4.78 is 5.93. The zero-order valence-corrected chi connectivity index (χ0v) is 9.18. The van der Waals surface area contributed by atoms with Crippen molar-refractivity contribution in [3.8, 4) is 0 Å². The Kier molecular flexibility index (Phi) is 4.74. The van der Waals surface area contributed by atoms with E-state index in [0.717, 1.165) is 25.3 Å². The zero-order valence-electron chi connectivity index (χ0n) is 9.18. The predicted octanol–water partition coefficient (Wildman–Crippen LogP) is 2.19. The van der Waals surface area contributed by atoms with E-state index in [1.165, 1.54) is 12.8 Å². The minimum Gasteiger partial charge on any atom is -0.375 e. The van der Waals surface area contributed by atoms with Crippen molar-refractivity contribution in [2.24, 2.45) is 5.92 Å². The van der Waals surface area contributed by atoms with Crippen LogP contribution in [0.4, 0.5) is 0 Å². The molecule has 0 saturated heterocycles. The van der Waals surface area contributed by atoms with E-state index in [1.54, 1.807) is 0 Å². The van der Waals surface area contributed by atoms with Gasteiger partial charge >= 0.3 is 0 Å². The average Bonchev–Trinajstić information content (AvgIpc) is 2.09. The van der Waals surface area contributed by atoms with Crippen LogP contribution in [0, 0.1) is 5.92 Å². The fourth-order valence-electron chi connectivity index (χ4n) is 1.99. The van der Waals surface area contributed by atoms with Crippen LogP contribution in [0.25, 0.3) is 0 Å². The van der Waals surface area contributed by atoms with Crippen molar-refractivity contribution >= 4 is 0 Å². The Hall–Kier alpha value is -0.0800. The van der Waals surface area contributed by atoms with Crippen LogP contribution < -0.4 is 5.32 Å². The molecule has 13 heavy (non-hydrogen) atoms. The van der Waals surface area contributed by atoms with Gasteiger partial charge in [-0.15, -0.1) is 0 Å². The van der Waals surface area contributed by atoms with Crippen LogP contribution in [0.15, 0.2) is 0 Å². The SMILES string of the molecule is CCC(CC)OC1CC(CNC)C1. The molecule has 0 radical (unpaired) electrons. The van der Waals surface area contributed by atoms with Crippen LogP contribution in [0.2, 0.25) is 0 Å². The normalized spacial score (nSPS) is 27.7. The molecule has 0 unspecified atom stereocenters. The van der Waals surface area contributed by atoms with E-state index in [9.17, 15) is 0 Å². The maximum atomic E-state index is 5.93. The second-order valence-electron chi connectivity index (χ2n) is 4.09. The first kappa shape index (κ1) is 11.0. The summed E-state index contributed by atoms with van der Waals surface area (Å²) in [5, 5.41) is 3.22. The molecule has 78 valence electrons. The first-order valence-electron chi connectivity index (χ1n) is 5.60. The van der Waals surface area contributed by atoms with Gasteiger partial charge in [0.1, 0.15) is 0 Å². The Labute approximate surface area is 82.0 Å². The first-order chi connectivity index (χ1) is 6.30. The Morgan fingerprint density at radius 3 is 2.38 bits per heavy atom. The Balaban J connectivity index is 2.06. The number of hydrogen-bond acceptors (Lipinski definition) is 2. The molecule has 0 atom stereocenters. The molecule has 1 aliphatic rings. The van der Waals surface area contributed by atoms with Gasteiger partial charge in [0, 0.05) is 0 Å². The van der Waals surface area contributed by atoms with Gasteiger partial charge < -0.3 is 10.1 Å². The van der Waals surface area contributed by atoms with Gasteiger partial charge in [-0.25, -0.2) is 0 Å². The molecule has 0 bridgehead atoms. The lowest BCUT2D eigenvalue weighted by Gasteiger charge is -2.37. The van der Waals surface area contributed by atoms with Crippen molar-refractivity contribution in [2.45, 2.75) is 51.7 Å². The van der Waals surface area contributed by atoms with Crippen LogP contribution in [-0.2, 0) is 4.74 Å². The van der Waals surface area contributed by atoms with Gasteiger partial charge in [0.25, 0.3) is 0 Å². The third-order valence-electron chi connectivity index (χ3n) is 2.98. The van der Waals surface area contributed by atoms with E-state index in [2.05, 4.69) is 19.2 Å². The monoisotopic (exact) mass is 185 g/mol. The Morgan fingerprint density at radius 2 is 1.92 bits per heavy atom. The summed E-state index contributed by atoms with van der Waals surface area (Å²) in [4.78, 5) is 0. The molecule has 1 aliphatic carbocycles. The molecule has 2 nitrogen and oxygen atoms in total. The summed E-state index contributed by atoms with van der Waals surface area (Å²) in [6.45, 7) is 5.57. The van der Waals surface area contributed by atoms with Crippen molar-refractivity contribution < 1.29 is 4.74 Å². The molecule has 1 rings (SSSR count). The van der Waals surface area contributed by atoms with Crippen molar-refractivity contribution in [1.82, 2.24) is 5.32 Å². The minimum absolute atomic E-state index is 0.500. The van der Waals surface area contributed by atoms with E-state index in [4.69, 9.17) is 4.74 Å². The molecule has 0 aromatic carbocycles. The lowest BCUT2D eigenvalue weighted by molar-refractivity contribution is -0.0767. The molecule has 0 aliphatic heterocycles. The molecule has 1 N–H and O–H groups in total. The van der Waals surface area contributed by atoms with E-state index in [1.807, 2.05) is 7.05 Å². The molecular formula is C11H23NO. The molecule has 0 aromatic heterocycles. The maximum Gasteiger partial charge on any atom is 0.0585 e. The van der Waals surface area contributed by atoms with Gasteiger partial charge in [0.05, 0.1) is 12.2 Å². The van der Waals surface area contributed by atoms with Gasteiger partial charge in [-0.2, -0.15) is 0 Å². The zero-order chi connectivity index (χ0) is 9.68. The molecular weight excluding hydrogens is 162 g/mol. The topological polar surface area (TPSA) is 21.3 Å². The summed E-state index contributed by atoms with van der Waals surface area (Å²) >= 11 is 0. The Bertz CT molecular complexity index is 128. The molecule has 0 aromatic rings. The largest absolute Gasteiger partial charge is 0.375 e. The maximum absolute atomic E-state index is 5.93. The standard InChI is InChI=1S/C11H23NO/c1-4-10(5-2)13-11-6-9(7-11)8-12-3/h9-12H,4-8H2,1-3H3. The highest BCUT2D eigenvalue weighted by Crippen LogP contribution is 2.31. The van der Waals surface area contributed by atoms with Gasteiger partial charge in [-0.3, -0.25) is 0 Å². The highest BCUT2D eigenvalue weighted by molar-refractivity contribution is 4.82. The van der Waals surface area contributed by atoms with Gasteiger partial charge in [0.15, 0.2) is 0 Å². The number of hydrogen-bond donors (Lipinski definition) is 1. The van der Waals surface area contributed by atoms with E-state index in [0.29, 0.717) is 12.2 Å². The van der Waals surface area contributed by atoms with E-state index >= 15 is 0 Å². The fraction of sp³-hybridized carbons (Fsp3) is 1.00. The lowest BCUT2D eigenvalue weighted by Crippen LogP contribution is -2.38. The molecule has 0 amide bonds. The first-order valence-corrected chi connectivity index (χ1v) is 5.60. The highest BCUT2D eigenvalue weighted by Gasteiger charge is 2.30. The van der Waals surface area contributed by atoms with Crippen molar-refractivity contribution in [1.29, 1.82) is 0 Å². The summed E-state index contributed by atoms with van der Waals surface area (Å²) in [5.74, 6) is 0.865.